The van der Waals surface area contributed by atoms with Crippen molar-refractivity contribution >= 4 is 17.6 Å². The molecule has 0 atom stereocenters. The number of nitro benzene ring substituents is 1. The van der Waals surface area contributed by atoms with Gasteiger partial charge in [0.15, 0.2) is 0 Å². The zero-order valence-corrected chi connectivity index (χ0v) is 11.9. The predicted octanol–water partition coefficient (Wildman–Crippen LogP) is 1.45. The molecule has 0 fully saturated rings. The molecular weight excluding hydrogens is 280 g/mol. The van der Waals surface area contributed by atoms with Crippen molar-refractivity contribution in [3.05, 3.63) is 39.4 Å². The summed E-state index contributed by atoms with van der Waals surface area (Å²) in [6.07, 6.45) is 0. The number of benzene rings is 1. The molecule has 1 aromatic rings. The second-order valence-electron chi connectivity index (χ2n) is 5.10. The van der Waals surface area contributed by atoms with E-state index in [2.05, 4.69) is 5.32 Å². The summed E-state index contributed by atoms with van der Waals surface area (Å²) < 4.78 is 4.95. The third-order valence-corrected chi connectivity index (χ3v) is 2.59. The first kappa shape index (κ1) is 16.6. The van der Waals surface area contributed by atoms with Crippen molar-refractivity contribution in [2.75, 3.05) is 13.7 Å². The number of nitro groups is 1. The van der Waals surface area contributed by atoms with Crippen molar-refractivity contribution in [3.8, 4) is 0 Å². The molecule has 0 bridgehead atoms. The lowest BCUT2D eigenvalue weighted by Gasteiger charge is -2.25. The maximum atomic E-state index is 12.1. The number of hydrogen-bond donors (Lipinski definition) is 2. The molecule has 0 heterocycles. The number of rotatable bonds is 6. The minimum Gasteiger partial charge on any atom is -0.478 e. The topological polar surface area (TPSA) is 119 Å². The van der Waals surface area contributed by atoms with Crippen LogP contribution in [0.25, 0.3) is 0 Å². The van der Waals surface area contributed by atoms with Gasteiger partial charge < -0.3 is 15.2 Å². The number of carboxylic acid groups (broad SMARTS) is 1. The van der Waals surface area contributed by atoms with E-state index >= 15 is 0 Å². The first-order valence-electron chi connectivity index (χ1n) is 6.00. The second-order valence-corrected chi connectivity index (χ2v) is 5.10. The first-order valence-corrected chi connectivity index (χ1v) is 6.00. The largest absolute Gasteiger partial charge is 0.478 e. The summed E-state index contributed by atoms with van der Waals surface area (Å²) in [6, 6.07) is 3.03. The Kier molecular flexibility index (Phi) is 4.98. The van der Waals surface area contributed by atoms with Gasteiger partial charge in [0.25, 0.3) is 11.6 Å². The standard InChI is InChI=1S/C13H16N2O6/c1-13(2,7-21-3)14-11(16)8-4-9(12(17)18)6-10(5-8)15(19)20/h4-6H,7H2,1-3H3,(H,14,16)(H,17,18). The highest BCUT2D eigenvalue weighted by molar-refractivity contribution is 5.98. The Bertz CT molecular complexity index is 550. The maximum Gasteiger partial charge on any atom is 0.335 e. The average Bonchev–Trinajstić information content (AvgIpc) is 2.37. The lowest BCUT2D eigenvalue weighted by atomic mass is 10.0. The van der Waals surface area contributed by atoms with Gasteiger partial charge in [0.1, 0.15) is 0 Å². The Hall–Kier alpha value is -2.48. The van der Waals surface area contributed by atoms with Crippen LogP contribution in [0.15, 0.2) is 18.2 Å². The van der Waals surface area contributed by atoms with Crippen LogP contribution >= 0.6 is 0 Å². The summed E-state index contributed by atoms with van der Waals surface area (Å²) >= 11 is 0. The van der Waals surface area contributed by atoms with Gasteiger partial charge in [0, 0.05) is 24.8 Å². The Balaban J connectivity index is 3.14. The number of methoxy groups -OCH3 is 1. The predicted molar refractivity (Wildman–Crippen MR) is 73.5 cm³/mol. The Morgan fingerprint density at radius 2 is 1.90 bits per heavy atom. The van der Waals surface area contributed by atoms with E-state index in [0.29, 0.717) is 0 Å². The minimum absolute atomic E-state index is 0.0919. The van der Waals surface area contributed by atoms with E-state index in [0.717, 1.165) is 18.2 Å². The van der Waals surface area contributed by atoms with Crippen molar-refractivity contribution in [1.82, 2.24) is 5.32 Å². The second kappa shape index (κ2) is 6.31. The van der Waals surface area contributed by atoms with Crippen LogP contribution in [-0.4, -0.2) is 41.2 Å². The fourth-order valence-corrected chi connectivity index (χ4v) is 1.75. The number of nitrogens with one attached hydrogen (secondary N) is 1. The van der Waals surface area contributed by atoms with Gasteiger partial charge in [-0.05, 0) is 19.9 Å². The number of hydrogen-bond acceptors (Lipinski definition) is 5. The van der Waals surface area contributed by atoms with Gasteiger partial charge in [-0.1, -0.05) is 0 Å². The molecule has 2 N–H and O–H groups in total. The third kappa shape index (κ3) is 4.53. The van der Waals surface area contributed by atoms with Crippen LogP contribution in [-0.2, 0) is 4.74 Å². The molecule has 0 radical (unpaired) electrons. The zero-order chi connectivity index (χ0) is 16.2. The van der Waals surface area contributed by atoms with E-state index in [9.17, 15) is 19.7 Å². The van der Waals surface area contributed by atoms with Crippen molar-refractivity contribution < 1.29 is 24.4 Å². The fraction of sp³-hybridized carbons (Fsp3) is 0.385. The van der Waals surface area contributed by atoms with Gasteiger partial charge in [-0.2, -0.15) is 0 Å². The van der Waals surface area contributed by atoms with E-state index < -0.39 is 28.0 Å². The van der Waals surface area contributed by atoms with Crippen LogP contribution in [0.4, 0.5) is 5.69 Å². The Labute approximate surface area is 120 Å². The van der Waals surface area contributed by atoms with Crippen LogP contribution in [0.2, 0.25) is 0 Å². The van der Waals surface area contributed by atoms with Gasteiger partial charge >= 0.3 is 5.97 Å². The van der Waals surface area contributed by atoms with Crippen LogP contribution < -0.4 is 5.32 Å². The first-order chi connectivity index (χ1) is 9.66. The van der Waals surface area contributed by atoms with Crippen molar-refractivity contribution in [1.29, 1.82) is 0 Å². The van der Waals surface area contributed by atoms with Crippen LogP contribution in [0, 0.1) is 10.1 Å². The molecule has 0 aliphatic heterocycles. The van der Waals surface area contributed by atoms with Gasteiger partial charge in [0.05, 0.1) is 22.6 Å². The van der Waals surface area contributed by atoms with E-state index in [1.165, 1.54) is 7.11 Å². The maximum absolute atomic E-state index is 12.1. The molecular formula is C13H16N2O6. The van der Waals surface area contributed by atoms with Gasteiger partial charge in [0.2, 0.25) is 0 Å². The highest BCUT2D eigenvalue weighted by atomic mass is 16.6. The minimum atomic E-state index is -1.34. The third-order valence-electron chi connectivity index (χ3n) is 2.59. The van der Waals surface area contributed by atoms with E-state index in [4.69, 9.17) is 9.84 Å². The highest BCUT2D eigenvalue weighted by Gasteiger charge is 2.23. The van der Waals surface area contributed by atoms with Gasteiger partial charge in [-0.25, -0.2) is 4.79 Å². The summed E-state index contributed by atoms with van der Waals surface area (Å²) in [4.78, 5) is 33.1. The van der Waals surface area contributed by atoms with Gasteiger partial charge in [-0.3, -0.25) is 14.9 Å². The SMILES string of the molecule is COCC(C)(C)NC(=O)c1cc(C(=O)O)cc([N+](=O)[O-])c1. The molecule has 0 saturated heterocycles. The molecule has 1 amide bonds. The van der Waals surface area contributed by atoms with E-state index in [-0.39, 0.29) is 17.7 Å². The molecule has 1 aromatic carbocycles. The van der Waals surface area contributed by atoms with E-state index in [1.807, 2.05) is 0 Å². The number of ether oxygens (including phenoxy) is 1. The van der Waals surface area contributed by atoms with Crippen molar-refractivity contribution in [3.63, 3.8) is 0 Å². The summed E-state index contributed by atoms with van der Waals surface area (Å²) in [7, 11) is 1.48. The average molecular weight is 296 g/mol. The molecule has 8 nitrogen and oxygen atoms in total. The van der Waals surface area contributed by atoms with Gasteiger partial charge in [-0.15, -0.1) is 0 Å². The molecule has 0 unspecified atom stereocenters. The summed E-state index contributed by atoms with van der Waals surface area (Å²) in [5.41, 5.74) is -1.56. The molecule has 0 aromatic heterocycles. The molecule has 0 aliphatic rings. The molecule has 21 heavy (non-hydrogen) atoms. The molecule has 1 rings (SSSR count). The lowest BCUT2D eigenvalue weighted by Crippen LogP contribution is -2.46. The number of carbonyl (C=O) groups excluding carboxylic acids is 1. The highest BCUT2D eigenvalue weighted by Crippen LogP contribution is 2.18. The number of aromatic carboxylic acids is 1. The number of non-ortho nitro benzene ring substituents is 1. The summed E-state index contributed by atoms with van der Waals surface area (Å²) in [6.45, 7) is 3.66. The normalized spacial score (nSPS) is 11.0. The van der Waals surface area contributed by atoms with E-state index in [1.54, 1.807) is 13.8 Å². The van der Waals surface area contributed by atoms with Crippen molar-refractivity contribution in [2.24, 2.45) is 0 Å². The quantitative estimate of drug-likeness (QED) is 0.605. The fourth-order valence-electron chi connectivity index (χ4n) is 1.75. The smallest absolute Gasteiger partial charge is 0.335 e. The molecule has 8 heteroatoms. The Morgan fingerprint density at radius 3 is 2.38 bits per heavy atom. The molecule has 0 aliphatic carbocycles. The molecule has 0 spiro atoms. The number of amides is 1. The lowest BCUT2D eigenvalue weighted by molar-refractivity contribution is -0.384. The molecule has 114 valence electrons. The Morgan fingerprint density at radius 1 is 1.33 bits per heavy atom. The van der Waals surface area contributed by atoms with Crippen LogP contribution in [0.1, 0.15) is 34.6 Å². The summed E-state index contributed by atoms with van der Waals surface area (Å²) in [5, 5.41) is 22.4. The molecule has 0 saturated carbocycles. The number of carboxylic acids is 1. The van der Waals surface area contributed by atoms with Crippen molar-refractivity contribution in [2.45, 2.75) is 19.4 Å². The number of nitrogens with zero attached hydrogens (tertiary/aromatic N) is 1. The zero-order valence-electron chi connectivity index (χ0n) is 11.9. The monoisotopic (exact) mass is 296 g/mol. The van der Waals surface area contributed by atoms with Crippen LogP contribution in [0.3, 0.4) is 0 Å². The number of carbonyl (C=O) groups is 2. The van der Waals surface area contributed by atoms with Crippen LogP contribution in [0.5, 0.6) is 0 Å². The summed E-state index contributed by atoms with van der Waals surface area (Å²) in [5.74, 6) is -1.95.